The fourth-order valence-corrected chi connectivity index (χ4v) is 6.20. The third-order valence-electron chi connectivity index (χ3n) is 7.33. The highest BCUT2D eigenvalue weighted by atomic mass is 32.1. The van der Waals surface area contributed by atoms with Crippen molar-refractivity contribution in [1.82, 2.24) is 0 Å². The van der Waals surface area contributed by atoms with Crippen molar-refractivity contribution >= 4 is 35.5 Å². The Morgan fingerprint density at radius 2 is 1.74 bits per heavy atom. The quantitative estimate of drug-likeness (QED) is 0.648. The highest BCUT2D eigenvalue weighted by Gasteiger charge is 2.52. The third kappa shape index (κ3) is 3.28. The molecule has 2 aliphatic heterocycles. The van der Waals surface area contributed by atoms with Gasteiger partial charge in [-0.1, -0.05) is 0 Å². The molecule has 1 aliphatic carbocycles. The first-order valence-electron chi connectivity index (χ1n) is 11.1. The number of thiophene rings is 1. The number of fused-ring (bicyclic) bond motifs is 3. The lowest BCUT2D eigenvalue weighted by molar-refractivity contribution is 0.00578. The zero-order chi connectivity index (χ0) is 22.1. The van der Waals surface area contributed by atoms with E-state index < -0.39 is 24.1 Å². The minimum Gasteiger partial charge on any atom is -0.399 e. The summed E-state index contributed by atoms with van der Waals surface area (Å²) in [5.41, 5.74) is 3.16. The van der Waals surface area contributed by atoms with Gasteiger partial charge in [0.05, 0.1) is 16.1 Å². The fourth-order valence-electron chi connectivity index (χ4n) is 4.81. The molecule has 0 bridgehead atoms. The molecule has 3 aliphatic rings. The summed E-state index contributed by atoms with van der Waals surface area (Å²) in [6, 6.07) is 2.82. The molecule has 3 heterocycles. The van der Waals surface area contributed by atoms with Gasteiger partial charge in [0.25, 0.3) is 5.91 Å². The first kappa shape index (κ1) is 21.2. The summed E-state index contributed by atoms with van der Waals surface area (Å²) >= 11 is 1.63. The zero-order valence-corrected chi connectivity index (χ0v) is 19.5. The van der Waals surface area contributed by atoms with Gasteiger partial charge in [-0.05, 0) is 101 Å². The van der Waals surface area contributed by atoms with E-state index in [0.717, 1.165) is 24.1 Å². The number of anilines is 1. The lowest BCUT2D eigenvalue weighted by atomic mass is 9.75. The average molecular weight is 440 g/mol. The highest BCUT2D eigenvalue weighted by Crippen LogP contribution is 2.40. The van der Waals surface area contributed by atoms with Crippen molar-refractivity contribution in [2.45, 2.75) is 71.0 Å². The maximum absolute atomic E-state index is 14.7. The molecule has 0 N–H and O–H groups in total. The molecule has 31 heavy (non-hydrogen) atoms. The second-order valence-corrected chi connectivity index (χ2v) is 10.9. The van der Waals surface area contributed by atoms with E-state index in [1.807, 2.05) is 27.7 Å². The molecular weight excluding hydrogens is 412 g/mol. The van der Waals surface area contributed by atoms with E-state index in [2.05, 4.69) is 6.92 Å². The van der Waals surface area contributed by atoms with E-state index in [1.165, 1.54) is 41.0 Å². The molecule has 1 fully saturated rings. The first-order chi connectivity index (χ1) is 14.6. The molecule has 5 rings (SSSR count). The Morgan fingerprint density at radius 3 is 2.45 bits per heavy atom. The van der Waals surface area contributed by atoms with Gasteiger partial charge in [-0.15, -0.1) is 11.3 Å². The minimum absolute atomic E-state index is 0.0454. The van der Waals surface area contributed by atoms with Crippen molar-refractivity contribution in [1.29, 1.82) is 0 Å². The molecule has 7 heteroatoms. The van der Waals surface area contributed by atoms with Gasteiger partial charge in [-0.2, -0.15) is 0 Å². The summed E-state index contributed by atoms with van der Waals surface area (Å²) in [6.07, 6.45) is 5.32. The van der Waals surface area contributed by atoms with Gasteiger partial charge < -0.3 is 14.2 Å². The van der Waals surface area contributed by atoms with Crippen LogP contribution in [0.2, 0.25) is 0 Å². The number of rotatable bonds is 2. The summed E-state index contributed by atoms with van der Waals surface area (Å²) in [5.74, 6) is -0.466. The van der Waals surface area contributed by atoms with E-state index in [0.29, 0.717) is 23.3 Å². The van der Waals surface area contributed by atoms with Crippen LogP contribution in [0.5, 0.6) is 0 Å². The van der Waals surface area contributed by atoms with Crippen molar-refractivity contribution in [3.63, 3.8) is 0 Å². The number of nitrogens with zero attached hydrogens (tertiary/aromatic N) is 1. The molecule has 0 saturated carbocycles. The molecule has 1 amide bonds. The predicted molar refractivity (Wildman–Crippen MR) is 123 cm³/mol. The molecule has 0 atom stereocenters. The van der Waals surface area contributed by atoms with Crippen LogP contribution < -0.4 is 10.4 Å². The van der Waals surface area contributed by atoms with Crippen LogP contribution in [0.15, 0.2) is 12.1 Å². The van der Waals surface area contributed by atoms with Gasteiger partial charge in [0.2, 0.25) is 0 Å². The molecule has 1 aromatic heterocycles. The minimum atomic E-state index is -0.726. The second kappa shape index (κ2) is 7.16. The Bertz CT molecular complexity index is 1060. The summed E-state index contributed by atoms with van der Waals surface area (Å²) in [6.45, 7) is 12.6. The van der Waals surface area contributed by atoms with Crippen LogP contribution in [0.1, 0.15) is 71.8 Å². The van der Waals surface area contributed by atoms with Crippen molar-refractivity contribution < 1.29 is 18.5 Å². The van der Waals surface area contributed by atoms with Crippen LogP contribution in [0.4, 0.5) is 10.1 Å². The van der Waals surface area contributed by atoms with Crippen LogP contribution in [-0.2, 0) is 28.6 Å². The number of carbonyl (C=O) groups excluding carboxylic acids is 1. The van der Waals surface area contributed by atoms with Crippen LogP contribution in [0, 0.1) is 12.7 Å². The zero-order valence-electron chi connectivity index (χ0n) is 18.6. The molecule has 1 radical (unpaired) electrons. The largest absolute Gasteiger partial charge is 0.495 e. The number of halogens is 1. The molecule has 1 saturated heterocycles. The van der Waals surface area contributed by atoms with Crippen molar-refractivity contribution in [2.75, 3.05) is 11.4 Å². The molecule has 0 spiro atoms. The molecular formula is C24H28BFNO3S. The summed E-state index contributed by atoms with van der Waals surface area (Å²) < 4.78 is 27.0. The Balaban J connectivity index is 1.52. The predicted octanol–water partition coefficient (Wildman–Crippen LogP) is 4.45. The summed E-state index contributed by atoms with van der Waals surface area (Å²) in [4.78, 5) is 17.3. The summed E-state index contributed by atoms with van der Waals surface area (Å²) in [7, 11) is -0.726. The van der Waals surface area contributed by atoms with Crippen molar-refractivity contribution in [2.24, 2.45) is 0 Å². The number of carbonyl (C=O) groups is 1. The SMILES string of the molecule is [CH2]c1c(B2OC(C)(C)C(C)(C)O2)cc(F)cc1N1CCc2c(sc3c2CCCC3)C1=O. The van der Waals surface area contributed by atoms with E-state index in [1.54, 1.807) is 16.2 Å². The van der Waals surface area contributed by atoms with Gasteiger partial charge in [0.1, 0.15) is 5.82 Å². The Hall–Kier alpha value is -1.70. The lowest BCUT2D eigenvalue weighted by Gasteiger charge is -2.32. The number of hydrogen-bond acceptors (Lipinski definition) is 4. The van der Waals surface area contributed by atoms with Gasteiger partial charge in [-0.25, -0.2) is 4.39 Å². The monoisotopic (exact) mass is 440 g/mol. The fraction of sp³-hybridized carbons (Fsp3) is 0.500. The van der Waals surface area contributed by atoms with Gasteiger partial charge >= 0.3 is 7.12 Å². The van der Waals surface area contributed by atoms with Crippen molar-refractivity contribution in [3.8, 4) is 0 Å². The molecule has 2 aromatic rings. The molecule has 1 aromatic carbocycles. The maximum Gasteiger partial charge on any atom is 0.495 e. The van der Waals surface area contributed by atoms with Gasteiger partial charge in [0, 0.05) is 17.1 Å². The van der Waals surface area contributed by atoms with Gasteiger partial charge in [0.15, 0.2) is 0 Å². The van der Waals surface area contributed by atoms with E-state index >= 15 is 0 Å². The number of hydrogen-bond donors (Lipinski definition) is 0. The summed E-state index contributed by atoms with van der Waals surface area (Å²) in [5, 5.41) is 0. The normalized spacial score (nSPS) is 21.9. The smallest absolute Gasteiger partial charge is 0.399 e. The van der Waals surface area contributed by atoms with Crippen LogP contribution >= 0.6 is 11.3 Å². The van der Waals surface area contributed by atoms with Crippen LogP contribution in [-0.4, -0.2) is 30.8 Å². The van der Waals surface area contributed by atoms with Gasteiger partial charge in [-0.3, -0.25) is 4.79 Å². The standard InChI is InChI=1S/C24H28BFNO3S/c1-14-18(25-29-23(2,3)24(4,5)30-25)12-15(26)13-19(14)27-11-10-17-16-8-6-7-9-20(16)31-21(17)22(27)28/h12-13H,1,6-11H2,2-5H3. The molecule has 163 valence electrons. The topological polar surface area (TPSA) is 38.8 Å². The number of amides is 1. The Labute approximate surface area is 187 Å². The second-order valence-electron chi connectivity index (χ2n) is 9.81. The number of benzene rings is 1. The van der Waals surface area contributed by atoms with Crippen molar-refractivity contribution in [3.05, 3.63) is 51.3 Å². The highest BCUT2D eigenvalue weighted by molar-refractivity contribution is 7.14. The van der Waals surface area contributed by atoms with E-state index in [4.69, 9.17) is 9.31 Å². The van der Waals surface area contributed by atoms with E-state index in [-0.39, 0.29) is 5.91 Å². The maximum atomic E-state index is 14.7. The first-order valence-corrected chi connectivity index (χ1v) is 11.9. The average Bonchev–Trinajstić information content (AvgIpc) is 3.18. The Kier molecular flexibility index (Phi) is 4.89. The Morgan fingerprint density at radius 1 is 1.06 bits per heavy atom. The number of aryl methyl sites for hydroxylation is 1. The molecule has 4 nitrogen and oxygen atoms in total. The van der Waals surface area contributed by atoms with Crippen LogP contribution in [0.3, 0.4) is 0 Å². The van der Waals surface area contributed by atoms with Crippen LogP contribution in [0.25, 0.3) is 0 Å². The third-order valence-corrected chi connectivity index (χ3v) is 8.65. The lowest BCUT2D eigenvalue weighted by Crippen LogP contribution is -2.41. The molecule has 0 unspecified atom stereocenters. The van der Waals surface area contributed by atoms with E-state index in [9.17, 15) is 9.18 Å².